The Hall–Kier alpha value is -2.44. The standard InChI is InChI=1S/C17H24N4O2.C8H9Cl/c1-12-17-18-11-15(13(2)22)21(17)10-9-20(12)16(23)7-6-14-5-4-8-19(14)3;1-2-7-5-3-4-6-8(7)9/h6-7,11-12,14H,4-5,8-10H2,1-3H3;3-6H,2H2,1H3/b7-6+;. The molecule has 0 saturated carbocycles. The SMILES string of the molecule is CC(=O)c1cnc2n1CCN(C(=O)/C=C/C1CCCN1C)C2C.CCc1ccccc1Cl. The minimum absolute atomic E-state index is 0.0138. The third-order valence-corrected chi connectivity index (χ3v) is 6.68. The number of likely N-dealkylation sites (tertiary alicyclic amines) is 1. The zero-order chi connectivity index (χ0) is 23.3. The summed E-state index contributed by atoms with van der Waals surface area (Å²) in [7, 11) is 2.09. The maximum atomic E-state index is 12.5. The lowest BCUT2D eigenvalue weighted by Gasteiger charge is -2.33. The molecule has 2 aliphatic rings. The van der Waals surface area contributed by atoms with Gasteiger partial charge in [0, 0.05) is 37.2 Å². The van der Waals surface area contributed by atoms with Gasteiger partial charge in [0.15, 0.2) is 5.78 Å². The fourth-order valence-corrected chi connectivity index (χ4v) is 4.60. The molecular formula is C25H33ClN4O2. The van der Waals surface area contributed by atoms with Crippen molar-refractivity contribution in [1.82, 2.24) is 19.4 Å². The summed E-state index contributed by atoms with van der Waals surface area (Å²) in [6.45, 7) is 7.93. The number of aryl methyl sites for hydroxylation is 1. The largest absolute Gasteiger partial charge is 0.327 e. The van der Waals surface area contributed by atoms with Crippen molar-refractivity contribution in [3.05, 3.63) is 64.7 Å². The van der Waals surface area contributed by atoms with Crippen molar-refractivity contribution in [2.45, 2.75) is 58.7 Å². The highest BCUT2D eigenvalue weighted by Gasteiger charge is 2.30. The Morgan fingerprint density at radius 1 is 1.22 bits per heavy atom. The molecule has 2 unspecified atom stereocenters. The summed E-state index contributed by atoms with van der Waals surface area (Å²) in [5, 5.41) is 0.875. The van der Waals surface area contributed by atoms with Crippen molar-refractivity contribution in [1.29, 1.82) is 0 Å². The number of carbonyl (C=O) groups is 2. The van der Waals surface area contributed by atoms with Crippen LogP contribution in [0, 0.1) is 0 Å². The topological polar surface area (TPSA) is 58.4 Å². The van der Waals surface area contributed by atoms with Gasteiger partial charge in [-0.15, -0.1) is 0 Å². The van der Waals surface area contributed by atoms with Crippen LogP contribution in [-0.2, 0) is 17.8 Å². The molecule has 0 spiro atoms. The van der Waals surface area contributed by atoms with E-state index < -0.39 is 0 Å². The smallest absolute Gasteiger partial charge is 0.246 e. The number of carbonyl (C=O) groups excluding carboxylic acids is 2. The van der Waals surface area contributed by atoms with Gasteiger partial charge in [-0.3, -0.25) is 14.5 Å². The predicted octanol–water partition coefficient (Wildman–Crippen LogP) is 4.54. The number of ketones is 1. The first-order valence-corrected chi connectivity index (χ1v) is 11.7. The highest BCUT2D eigenvalue weighted by atomic mass is 35.5. The number of fused-ring (bicyclic) bond motifs is 1. The first kappa shape index (κ1) is 24.2. The van der Waals surface area contributed by atoms with E-state index in [2.05, 4.69) is 23.9 Å². The van der Waals surface area contributed by atoms with Crippen LogP contribution in [0.25, 0.3) is 0 Å². The van der Waals surface area contributed by atoms with Gasteiger partial charge in [-0.05, 0) is 51.4 Å². The van der Waals surface area contributed by atoms with Crippen molar-refractivity contribution < 1.29 is 9.59 Å². The summed E-state index contributed by atoms with van der Waals surface area (Å²) in [5.74, 6) is 0.831. The number of nitrogens with zero attached hydrogens (tertiary/aromatic N) is 4. The van der Waals surface area contributed by atoms with Crippen LogP contribution in [0.2, 0.25) is 5.02 Å². The first-order valence-electron chi connectivity index (χ1n) is 11.3. The van der Waals surface area contributed by atoms with Crippen LogP contribution in [0.3, 0.4) is 0 Å². The Morgan fingerprint density at radius 3 is 2.56 bits per heavy atom. The van der Waals surface area contributed by atoms with Crippen LogP contribution in [0.15, 0.2) is 42.6 Å². The molecule has 2 atom stereocenters. The van der Waals surface area contributed by atoms with Gasteiger partial charge in [-0.1, -0.05) is 42.8 Å². The Morgan fingerprint density at radius 2 is 1.97 bits per heavy atom. The molecular weight excluding hydrogens is 424 g/mol. The van der Waals surface area contributed by atoms with E-state index in [1.165, 1.54) is 12.0 Å². The van der Waals surface area contributed by atoms with E-state index >= 15 is 0 Å². The molecule has 172 valence electrons. The zero-order valence-electron chi connectivity index (χ0n) is 19.4. The number of likely N-dealkylation sites (N-methyl/N-ethyl adjacent to an activating group) is 1. The Balaban J connectivity index is 0.000000269. The van der Waals surface area contributed by atoms with Crippen molar-refractivity contribution in [2.75, 3.05) is 20.1 Å². The fraction of sp³-hybridized carbons (Fsp3) is 0.480. The first-order chi connectivity index (χ1) is 15.3. The monoisotopic (exact) mass is 456 g/mol. The third-order valence-electron chi connectivity index (χ3n) is 6.31. The van der Waals surface area contributed by atoms with E-state index in [1.807, 2.05) is 46.7 Å². The average Bonchev–Trinajstić information content (AvgIpc) is 3.39. The molecule has 4 rings (SSSR count). The van der Waals surface area contributed by atoms with Gasteiger partial charge in [0.2, 0.25) is 5.91 Å². The van der Waals surface area contributed by atoms with Crippen LogP contribution >= 0.6 is 11.6 Å². The van der Waals surface area contributed by atoms with Crippen molar-refractivity contribution in [2.24, 2.45) is 0 Å². The van der Waals surface area contributed by atoms with Gasteiger partial charge in [0.25, 0.3) is 0 Å². The highest BCUT2D eigenvalue weighted by molar-refractivity contribution is 6.31. The lowest BCUT2D eigenvalue weighted by Crippen LogP contribution is -2.41. The summed E-state index contributed by atoms with van der Waals surface area (Å²) in [6, 6.07) is 8.16. The molecule has 0 bridgehead atoms. The van der Waals surface area contributed by atoms with Gasteiger partial charge in [-0.2, -0.15) is 0 Å². The van der Waals surface area contributed by atoms with Gasteiger partial charge in [0.05, 0.1) is 12.2 Å². The Labute approximate surface area is 195 Å². The summed E-state index contributed by atoms with van der Waals surface area (Å²) in [6.07, 6.45) is 8.65. The predicted molar refractivity (Wildman–Crippen MR) is 128 cm³/mol. The molecule has 0 N–H and O–H groups in total. The second-order valence-corrected chi connectivity index (χ2v) is 8.82. The molecule has 7 heteroatoms. The number of Topliss-reactive ketones (excluding diaryl/α,β-unsaturated/α-hetero) is 1. The van der Waals surface area contributed by atoms with Gasteiger partial charge in [-0.25, -0.2) is 4.98 Å². The van der Waals surface area contributed by atoms with Crippen LogP contribution in [0.4, 0.5) is 0 Å². The van der Waals surface area contributed by atoms with E-state index in [9.17, 15) is 9.59 Å². The van der Waals surface area contributed by atoms with Crippen LogP contribution in [-0.4, -0.2) is 57.2 Å². The number of hydrogen-bond acceptors (Lipinski definition) is 4. The molecule has 2 aromatic rings. The Kier molecular flexibility index (Phi) is 8.26. The number of halogens is 1. The van der Waals surface area contributed by atoms with Crippen LogP contribution in [0.5, 0.6) is 0 Å². The molecule has 32 heavy (non-hydrogen) atoms. The number of aromatic nitrogens is 2. The summed E-state index contributed by atoms with van der Waals surface area (Å²) in [5.41, 5.74) is 1.85. The second kappa shape index (κ2) is 10.9. The molecule has 2 aliphatic heterocycles. The molecule has 1 aromatic heterocycles. The Bertz CT molecular complexity index is 984. The highest BCUT2D eigenvalue weighted by Crippen LogP contribution is 2.26. The lowest BCUT2D eigenvalue weighted by molar-refractivity contribution is -0.129. The molecule has 1 amide bonds. The quantitative estimate of drug-likeness (QED) is 0.500. The van der Waals surface area contributed by atoms with Crippen molar-refractivity contribution in [3.63, 3.8) is 0 Å². The second-order valence-electron chi connectivity index (χ2n) is 8.41. The van der Waals surface area contributed by atoms with Crippen LogP contribution in [0.1, 0.15) is 61.5 Å². The molecule has 0 aliphatic carbocycles. The maximum absolute atomic E-state index is 12.5. The van der Waals surface area contributed by atoms with E-state index in [1.54, 1.807) is 19.2 Å². The molecule has 1 aromatic carbocycles. The molecule has 0 radical (unpaired) electrons. The summed E-state index contributed by atoms with van der Waals surface area (Å²) < 4.78 is 1.94. The third kappa shape index (κ3) is 5.48. The minimum Gasteiger partial charge on any atom is -0.327 e. The van der Waals surface area contributed by atoms with E-state index in [0.717, 1.165) is 30.2 Å². The lowest BCUT2D eigenvalue weighted by atomic mass is 10.1. The maximum Gasteiger partial charge on any atom is 0.246 e. The molecule has 1 fully saturated rings. The number of hydrogen-bond donors (Lipinski definition) is 0. The molecule has 1 saturated heterocycles. The average molecular weight is 457 g/mol. The molecule has 6 nitrogen and oxygen atoms in total. The van der Waals surface area contributed by atoms with Crippen LogP contribution < -0.4 is 0 Å². The van der Waals surface area contributed by atoms with Gasteiger partial charge < -0.3 is 9.47 Å². The van der Waals surface area contributed by atoms with Gasteiger partial charge in [0.1, 0.15) is 11.5 Å². The van der Waals surface area contributed by atoms with Gasteiger partial charge >= 0.3 is 0 Å². The number of rotatable bonds is 4. The van der Waals surface area contributed by atoms with E-state index in [4.69, 9.17) is 11.6 Å². The number of benzene rings is 1. The van der Waals surface area contributed by atoms with Crippen molar-refractivity contribution >= 4 is 23.3 Å². The fourth-order valence-electron chi connectivity index (χ4n) is 4.33. The normalized spacial score (nSPS) is 20.7. The summed E-state index contributed by atoms with van der Waals surface area (Å²) in [4.78, 5) is 32.6. The summed E-state index contributed by atoms with van der Waals surface area (Å²) >= 11 is 5.82. The van der Waals surface area contributed by atoms with Crippen molar-refractivity contribution in [3.8, 4) is 0 Å². The van der Waals surface area contributed by atoms with E-state index in [0.29, 0.717) is 24.8 Å². The number of imidazole rings is 1. The zero-order valence-corrected chi connectivity index (χ0v) is 20.2. The minimum atomic E-state index is -0.115. The van der Waals surface area contributed by atoms with E-state index in [-0.39, 0.29) is 17.7 Å². The number of amides is 1. The molecule has 3 heterocycles.